The maximum absolute atomic E-state index is 3.87. The Morgan fingerprint density at radius 3 is 3.00 bits per heavy atom. The SMILES string of the molecule is [CH2]CCc1cccn1CCCC. The van der Waals surface area contributed by atoms with Crippen LogP contribution in [-0.4, -0.2) is 4.57 Å². The molecule has 12 heavy (non-hydrogen) atoms. The van der Waals surface area contributed by atoms with Gasteiger partial charge in [-0.15, -0.1) is 0 Å². The monoisotopic (exact) mass is 164 g/mol. The van der Waals surface area contributed by atoms with Crippen LogP contribution in [-0.2, 0) is 13.0 Å². The fourth-order valence-corrected chi connectivity index (χ4v) is 1.40. The summed E-state index contributed by atoms with van der Waals surface area (Å²) in [7, 11) is 0. The molecule has 1 heterocycles. The number of hydrogen-bond donors (Lipinski definition) is 0. The fraction of sp³-hybridized carbons (Fsp3) is 0.545. The predicted molar refractivity (Wildman–Crippen MR) is 53.0 cm³/mol. The Kier molecular flexibility index (Phi) is 3.92. The summed E-state index contributed by atoms with van der Waals surface area (Å²) in [5, 5.41) is 0. The minimum Gasteiger partial charge on any atom is -0.351 e. The first kappa shape index (κ1) is 9.37. The molecule has 0 spiro atoms. The van der Waals surface area contributed by atoms with Crippen molar-refractivity contribution < 1.29 is 0 Å². The summed E-state index contributed by atoms with van der Waals surface area (Å²) in [6.07, 6.45) is 6.81. The summed E-state index contributed by atoms with van der Waals surface area (Å²) >= 11 is 0. The van der Waals surface area contributed by atoms with Crippen molar-refractivity contribution in [1.82, 2.24) is 4.57 Å². The molecule has 1 radical (unpaired) electrons. The Bertz CT molecular complexity index is 213. The van der Waals surface area contributed by atoms with Crippen molar-refractivity contribution in [1.29, 1.82) is 0 Å². The predicted octanol–water partition coefficient (Wildman–Crippen LogP) is 3.05. The van der Waals surface area contributed by atoms with Crippen LogP contribution >= 0.6 is 0 Å². The molecule has 1 rings (SSSR count). The van der Waals surface area contributed by atoms with Gasteiger partial charge in [-0.05, 0) is 31.4 Å². The molecule has 0 aliphatic heterocycles. The van der Waals surface area contributed by atoms with Gasteiger partial charge in [-0.1, -0.05) is 20.3 Å². The maximum Gasteiger partial charge on any atom is 0.0222 e. The highest BCUT2D eigenvalue weighted by atomic mass is 15.0. The van der Waals surface area contributed by atoms with Gasteiger partial charge < -0.3 is 4.57 Å². The van der Waals surface area contributed by atoms with E-state index in [0.29, 0.717) is 0 Å². The molecule has 1 aromatic rings. The first-order valence-corrected chi connectivity index (χ1v) is 4.81. The Morgan fingerprint density at radius 1 is 1.50 bits per heavy atom. The first-order valence-electron chi connectivity index (χ1n) is 4.81. The van der Waals surface area contributed by atoms with Crippen LogP contribution in [0, 0.1) is 6.92 Å². The molecular weight excluding hydrogens is 146 g/mol. The van der Waals surface area contributed by atoms with Crippen LogP contribution < -0.4 is 0 Å². The Labute approximate surface area is 75.4 Å². The summed E-state index contributed by atoms with van der Waals surface area (Å²) < 4.78 is 2.34. The molecule has 0 aromatic carbocycles. The average Bonchev–Trinajstić information content (AvgIpc) is 2.50. The summed E-state index contributed by atoms with van der Waals surface area (Å²) in [5.74, 6) is 0. The highest BCUT2D eigenvalue weighted by Crippen LogP contribution is 2.06. The van der Waals surface area contributed by atoms with Gasteiger partial charge in [0.15, 0.2) is 0 Å². The highest BCUT2D eigenvalue weighted by Gasteiger charge is 1.97. The van der Waals surface area contributed by atoms with E-state index in [1.807, 2.05) is 0 Å². The highest BCUT2D eigenvalue weighted by molar-refractivity contribution is 5.07. The molecule has 0 saturated heterocycles. The lowest BCUT2D eigenvalue weighted by Gasteiger charge is -2.06. The second-order valence-corrected chi connectivity index (χ2v) is 3.15. The van der Waals surface area contributed by atoms with Crippen LogP contribution in [0.3, 0.4) is 0 Å². The number of aromatic nitrogens is 1. The molecule has 0 aliphatic rings. The first-order chi connectivity index (χ1) is 5.88. The molecule has 0 N–H and O–H groups in total. The van der Waals surface area contributed by atoms with E-state index in [1.54, 1.807) is 0 Å². The van der Waals surface area contributed by atoms with E-state index >= 15 is 0 Å². The standard InChI is InChI=1S/C11H18N/c1-3-5-9-12-10-6-8-11(12)7-4-2/h6,8,10H,2-5,7,9H2,1H3. The number of nitrogens with zero attached hydrogens (tertiary/aromatic N) is 1. The van der Waals surface area contributed by atoms with Gasteiger partial charge in [-0.2, -0.15) is 0 Å². The van der Waals surface area contributed by atoms with Crippen molar-refractivity contribution in [3.05, 3.63) is 30.9 Å². The number of hydrogen-bond acceptors (Lipinski definition) is 0. The molecule has 0 fully saturated rings. The quantitative estimate of drug-likeness (QED) is 0.630. The van der Waals surface area contributed by atoms with Crippen LogP contribution in [0.15, 0.2) is 18.3 Å². The third kappa shape index (κ3) is 2.40. The Balaban J connectivity index is 2.51. The fourth-order valence-electron chi connectivity index (χ4n) is 1.40. The van der Waals surface area contributed by atoms with Gasteiger partial charge in [0.2, 0.25) is 0 Å². The van der Waals surface area contributed by atoms with Gasteiger partial charge in [0.1, 0.15) is 0 Å². The zero-order valence-corrected chi connectivity index (χ0v) is 7.92. The molecule has 0 amide bonds. The molecule has 67 valence electrons. The number of aryl methyl sites for hydroxylation is 2. The Morgan fingerprint density at radius 2 is 2.33 bits per heavy atom. The Hall–Kier alpha value is -0.720. The van der Waals surface area contributed by atoms with E-state index in [2.05, 4.69) is 36.7 Å². The van der Waals surface area contributed by atoms with Gasteiger partial charge in [0.25, 0.3) is 0 Å². The lowest BCUT2D eigenvalue weighted by atomic mass is 10.2. The molecule has 0 unspecified atom stereocenters. The smallest absolute Gasteiger partial charge is 0.0222 e. The van der Waals surface area contributed by atoms with Crippen LogP contribution in [0.1, 0.15) is 31.9 Å². The molecule has 0 aliphatic carbocycles. The normalized spacial score (nSPS) is 10.5. The van der Waals surface area contributed by atoms with Gasteiger partial charge in [0, 0.05) is 18.4 Å². The van der Waals surface area contributed by atoms with Crippen molar-refractivity contribution in [3.63, 3.8) is 0 Å². The van der Waals surface area contributed by atoms with Crippen molar-refractivity contribution in [3.8, 4) is 0 Å². The summed E-state index contributed by atoms with van der Waals surface area (Å²) in [5.41, 5.74) is 1.43. The third-order valence-electron chi connectivity index (χ3n) is 2.11. The van der Waals surface area contributed by atoms with Crippen LogP contribution in [0.4, 0.5) is 0 Å². The molecule has 1 heteroatoms. The third-order valence-corrected chi connectivity index (χ3v) is 2.11. The van der Waals surface area contributed by atoms with Gasteiger partial charge in [-0.25, -0.2) is 0 Å². The summed E-state index contributed by atoms with van der Waals surface area (Å²) in [4.78, 5) is 0. The van der Waals surface area contributed by atoms with Gasteiger partial charge >= 0.3 is 0 Å². The largest absolute Gasteiger partial charge is 0.351 e. The van der Waals surface area contributed by atoms with Crippen molar-refractivity contribution in [2.24, 2.45) is 0 Å². The number of unbranched alkanes of at least 4 members (excludes halogenated alkanes) is 1. The van der Waals surface area contributed by atoms with Crippen LogP contribution in [0.5, 0.6) is 0 Å². The lowest BCUT2D eigenvalue weighted by molar-refractivity contribution is 0.609. The number of rotatable bonds is 5. The zero-order valence-electron chi connectivity index (χ0n) is 7.92. The van der Waals surface area contributed by atoms with E-state index in [-0.39, 0.29) is 0 Å². The topological polar surface area (TPSA) is 4.93 Å². The average molecular weight is 164 g/mol. The maximum atomic E-state index is 3.87. The van der Waals surface area contributed by atoms with Crippen LogP contribution in [0.25, 0.3) is 0 Å². The summed E-state index contributed by atoms with van der Waals surface area (Å²) in [6.45, 7) is 7.26. The molecule has 0 saturated carbocycles. The molecule has 1 aromatic heterocycles. The van der Waals surface area contributed by atoms with Gasteiger partial charge in [0.05, 0.1) is 0 Å². The van der Waals surface area contributed by atoms with E-state index in [4.69, 9.17) is 0 Å². The van der Waals surface area contributed by atoms with E-state index in [9.17, 15) is 0 Å². The minimum absolute atomic E-state index is 0.996. The molecular formula is C11H18N. The molecule has 0 bridgehead atoms. The molecule has 0 atom stereocenters. The zero-order chi connectivity index (χ0) is 8.81. The van der Waals surface area contributed by atoms with E-state index in [1.165, 1.54) is 25.1 Å². The lowest BCUT2D eigenvalue weighted by Crippen LogP contribution is -2.01. The molecule has 1 nitrogen and oxygen atoms in total. The van der Waals surface area contributed by atoms with Crippen LogP contribution in [0.2, 0.25) is 0 Å². The summed E-state index contributed by atoms with van der Waals surface area (Å²) in [6, 6.07) is 4.32. The second-order valence-electron chi connectivity index (χ2n) is 3.15. The van der Waals surface area contributed by atoms with Crippen molar-refractivity contribution >= 4 is 0 Å². The second kappa shape index (κ2) is 5.02. The van der Waals surface area contributed by atoms with Gasteiger partial charge in [-0.3, -0.25) is 0 Å². The minimum atomic E-state index is 0.996. The van der Waals surface area contributed by atoms with E-state index in [0.717, 1.165) is 12.8 Å². The van der Waals surface area contributed by atoms with Crippen molar-refractivity contribution in [2.75, 3.05) is 0 Å². The van der Waals surface area contributed by atoms with Crippen molar-refractivity contribution in [2.45, 2.75) is 39.2 Å². The van der Waals surface area contributed by atoms with E-state index < -0.39 is 0 Å².